The summed E-state index contributed by atoms with van der Waals surface area (Å²) in [7, 11) is -6.52. The van der Waals surface area contributed by atoms with Crippen molar-refractivity contribution in [3.05, 3.63) is 10.6 Å². The monoisotopic (exact) mass is 369 g/mol. The van der Waals surface area contributed by atoms with Crippen molar-refractivity contribution in [2.24, 2.45) is 5.92 Å². The van der Waals surface area contributed by atoms with Gasteiger partial charge in [0, 0.05) is 11.3 Å². The Morgan fingerprint density at radius 2 is 2.13 bits per heavy atom. The molecule has 23 heavy (non-hydrogen) atoms. The van der Waals surface area contributed by atoms with Crippen LogP contribution in [0.25, 0.3) is 0 Å². The molecule has 2 aliphatic rings. The van der Waals surface area contributed by atoms with Gasteiger partial charge in [0.05, 0.1) is 41.2 Å². The van der Waals surface area contributed by atoms with Crippen LogP contribution in [0.15, 0.2) is 10.6 Å². The molecule has 0 unspecified atom stereocenters. The minimum atomic E-state index is -4.76. The molecule has 0 aromatic rings. The summed E-state index contributed by atoms with van der Waals surface area (Å²) in [6.45, 7) is 0.851. The summed E-state index contributed by atoms with van der Waals surface area (Å²) in [4.78, 5) is 24.4. The van der Waals surface area contributed by atoms with Crippen molar-refractivity contribution < 1.29 is 41.2 Å². The highest BCUT2D eigenvalue weighted by molar-refractivity contribution is 7.89. The summed E-state index contributed by atoms with van der Waals surface area (Å²) in [5.41, 5.74) is -0.401. The fourth-order valence-corrected chi connectivity index (χ4v) is 4.55. The highest BCUT2D eigenvalue weighted by Gasteiger charge is 2.58. The van der Waals surface area contributed by atoms with Crippen LogP contribution in [0.2, 0.25) is 0 Å². The summed E-state index contributed by atoms with van der Waals surface area (Å²) in [5, 5.41) is 18.1. The number of fused-ring (bicyclic) bond motifs is 1. The Balaban J connectivity index is 2.26. The van der Waals surface area contributed by atoms with E-state index in [0.29, 0.717) is 0 Å². The molecule has 4 atom stereocenters. The van der Waals surface area contributed by atoms with Crippen LogP contribution < -0.4 is 0 Å². The van der Waals surface area contributed by atoms with Crippen molar-refractivity contribution in [3.63, 3.8) is 0 Å². The SMILES string of the molecule is C[C@H](OS(=O)(=O)O)[C@@H]1C(=O)N2C(C(=O)O)=C([S@](=O)CCO)C[C@H]12. The largest absolute Gasteiger partial charge is 0.477 e. The molecule has 2 aliphatic heterocycles. The summed E-state index contributed by atoms with van der Waals surface area (Å²) < 4.78 is 46.5. The van der Waals surface area contributed by atoms with Crippen molar-refractivity contribution in [2.45, 2.75) is 25.5 Å². The normalized spacial score (nSPS) is 26.7. The van der Waals surface area contributed by atoms with Crippen LogP contribution in [-0.4, -0.2) is 68.7 Å². The van der Waals surface area contributed by atoms with E-state index < -0.39 is 63.4 Å². The third kappa shape index (κ3) is 3.30. The Hall–Kier alpha value is -1.34. The number of hydrogen-bond donors (Lipinski definition) is 3. The lowest BCUT2D eigenvalue weighted by molar-refractivity contribution is -0.160. The fraction of sp³-hybridized carbons (Fsp3) is 0.636. The van der Waals surface area contributed by atoms with Gasteiger partial charge in [0.25, 0.3) is 0 Å². The van der Waals surface area contributed by atoms with Crippen molar-refractivity contribution in [1.82, 2.24) is 4.90 Å². The number of rotatable bonds is 7. The molecule has 1 saturated heterocycles. The zero-order valence-corrected chi connectivity index (χ0v) is 13.5. The predicted molar refractivity (Wildman–Crippen MR) is 75.6 cm³/mol. The average Bonchev–Trinajstić information content (AvgIpc) is 2.72. The number of amides is 1. The van der Waals surface area contributed by atoms with E-state index in [-0.39, 0.29) is 17.1 Å². The zero-order chi connectivity index (χ0) is 17.5. The van der Waals surface area contributed by atoms with Crippen molar-refractivity contribution >= 4 is 33.1 Å². The maximum Gasteiger partial charge on any atom is 0.397 e. The Bertz CT molecular complexity index is 698. The smallest absolute Gasteiger partial charge is 0.397 e. The van der Waals surface area contributed by atoms with Crippen LogP contribution in [0.5, 0.6) is 0 Å². The molecule has 10 nitrogen and oxygen atoms in total. The minimum Gasteiger partial charge on any atom is -0.477 e. The van der Waals surface area contributed by atoms with Crippen LogP contribution in [0.3, 0.4) is 0 Å². The third-order valence-corrected chi connectivity index (χ3v) is 5.71. The summed E-state index contributed by atoms with van der Waals surface area (Å²) in [6.07, 6.45) is -1.22. The van der Waals surface area contributed by atoms with Gasteiger partial charge >= 0.3 is 16.4 Å². The fourth-order valence-electron chi connectivity index (χ4n) is 2.88. The van der Waals surface area contributed by atoms with Gasteiger partial charge in [0.15, 0.2) is 0 Å². The Labute approximate surface area is 134 Å². The number of nitrogens with zero attached hydrogens (tertiary/aromatic N) is 1. The maximum atomic E-state index is 12.1. The van der Waals surface area contributed by atoms with Gasteiger partial charge in [-0.2, -0.15) is 8.42 Å². The average molecular weight is 369 g/mol. The van der Waals surface area contributed by atoms with E-state index >= 15 is 0 Å². The number of carbonyl (C=O) groups excluding carboxylic acids is 1. The molecule has 0 aliphatic carbocycles. The lowest BCUT2D eigenvalue weighted by Crippen LogP contribution is -2.62. The molecule has 1 amide bonds. The highest BCUT2D eigenvalue weighted by atomic mass is 32.3. The molecule has 2 rings (SSSR count). The second-order valence-electron chi connectivity index (χ2n) is 5.08. The number of hydrogen-bond acceptors (Lipinski definition) is 7. The van der Waals surface area contributed by atoms with E-state index in [1.165, 1.54) is 6.92 Å². The van der Waals surface area contributed by atoms with Crippen molar-refractivity contribution in [3.8, 4) is 0 Å². The second-order valence-corrected chi connectivity index (χ2v) is 7.72. The standard InChI is InChI=1S/C11H15NO9S2/c1-5(21-23(18,19)20)8-6-4-7(22(17)3-2-13)9(11(15)16)12(6)10(8)14/h5-6,8,13H,2-4H2,1H3,(H,15,16)(H,18,19,20)/t5-,6+,8-,22+/m0/s1. The van der Waals surface area contributed by atoms with Crippen LogP contribution in [0.4, 0.5) is 0 Å². The number of aliphatic hydroxyl groups excluding tert-OH is 1. The van der Waals surface area contributed by atoms with Gasteiger partial charge in [-0.15, -0.1) is 0 Å². The molecule has 0 saturated carbocycles. The summed E-state index contributed by atoms with van der Waals surface area (Å²) in [5.74, 6) is -3.25. The second kappa shape index (κ2) is 6.28. The lowest BCUT2D eigenvalue weighted by Gasteiger charge is -2.45. The molecule has 130 valence electrons. The number of β-lactam (4-membered cyclic amide) rings is 1. The zero-order valence-electron chi connectivity index (χ0n) is 11.9. The molecule has 1 fully saturated rings. The van der Waals surface area contributed by atoms with Gasteiger partial charge in [-0.3, -0.25) is 13.6 Å². The van der Waals surface area contributed by atoms with E-state index in [2.05, 4.69) is 4.18 Å². The van der Waals surface area contributed by atoms with Gasteiger partial charge in [-0.1, -0.05) is 0 Å². The van der Waals surface area contributed by atoms with Gasteiger partial charge in [-0.25, -0.2) is 8.98 Å². The van der Waals surface area contributed by atoms with E-state index in [1.807, 2.05) is 0 Å². The molecule has 0 aromatic carbocycles. The predicted octanol–water partition coefficient (Wildman–Crippen LogP) is -1.54. The Kier molecular flexibility index (Phi) is 4.92. The first-order valence-corrected chi connectivity index (χ1v) is 9.21. The van der Waals surface area contributed by atoms with Crippen molar-refractivity contribution in [2.75, 3.05) is 12.4 Å². The van der Waals surface area contributed by atoms with E-state index in [9.17, 15) is 27.3 Å². The minimum absolute atomic E-state index is 0.0199. The lowest BCUT2D eigenvalue weighted by atomic mass is 9.83. The molecule has 12 heteroatoms. The molecule has 0 radical (unpaired) electrons. The molecule has 0 aromatic heterocycles. The van der Waals surface area contributed by atoms with E-state index in [0.717, 1.165) is 4.90 Å². The first-order chi connectivity index (χ1) is 10.6. The van der Waals surface area contributed by atoms with Gasteiger partial charge in [0.2, 0.25) is 5.91 Å². The number of carboxylic acids is 1. The van der Waals surface area contributed by atoms with Crippen LogP contribution >= 0.6 is 0 Å². The third-order valence-electron chi connectivity index (χ3n) is 3.70. The quantitative estimate of drug-likeness (QED) is 0.357. The Morgan fingerprint density at radius 1 is 1.52 bits per heavy atom. The van der Waals surface area contributed by atoms with Gasteiger partial charge in [0.1, 0.15) is 5.70 Å². The van der Waals surface area contributed by atoms with Crippen LogP contribution in [0, 0.1) is 5.92 Å². The molecular weight excluding hydrogens is 354 g/mol. The molecule has 2 heterocycles. The molecular formula is C11H15NO9S2. The van der Waals surface area contributed by atoms with E-state index in [4.69, 9.17) is 9.66 Å². The van der Waals surface area contributed by atoms with Crippen LogP contribution in [-0.2, 0) is 35.0 Å². The summed E-state index contributed by atoms with van der Waals surface area (Å²) >= 11 is 0. The molecule has 3 N–H and O–H groups in total. The molecule has 0 bridgehead atoms. The van der Waals surface area contributed by atoms with Gasteiger partial charge in [-0.05, 0) is 6.92 Å². The van der Waals surface area contributed by atoms with Crippen LogP contribution in [0.1, 0.15) is 13.3 Å². The maximum absolute atomic E-state index is 12.1. The molecule has 0 spiro atoms. The first kappa shape index (κ1) is 18.0. The topological polar surface area (TPSA) is 159 Å². The first-order valence-electron chi connectivity index (χ1n) is 6.53. The summed E-state index contributed by atoms with van der Waals surface area (Å²) in [6, 6.07) is -0.706. The number of carboxylic acid groups (broad SMARTS) is 1. The van der Waals surface area contributed by atoms with E-state index in [1.54, 1.807) is 0 Å². The number of carbonyl (C=O) groups is 2. The number of aliphatic carboxylic acids is 1. The Morgan fingerprint density at radius 3 is 2.61 bits per heavy atom. The highest BCUT2D eigenvalue weighted by Crippen LogP contribution is 2.45. The number of aliphatic hydroxyl groups is 1. The van der Waals surface area contributed by atoms with Crippen molar-refractivity contribution in [1.29, 1.82) is 0 Å². The van der Waals surface area contributed by atoms with Gasteiger partial charge < -0.3 is 15.1 Å².